The third kappa shape index (κ3) is 9.45. The van der Waals surface area contributed by atoms with Crippen molar-refractivity contribution in [1.82, 2.24) is 17.9 Å². The Morgan fingerprint density at radius 3 is 0.646 bits per heavy atom. The lowest BCUT2D eigenvalue weighted by atomic mass is 10.0. The Morgan fingerprint density at radius 1 is 0.271 bits per heavy atom. The lowest BCUT2D eigenvalue weighted by molar-refractivity contribution is 0.356. The second kappa shape index (κ2) is 15.1. The zero-order valence-electron chi connectivity index (χ0n) is 31.5. The summed E-state index contributed by atoms with van der Waals surface area (Å²) < 4.78 is 3.73. The van der Waals surface area contributed by atoms with Crippen LogP contribution in [0.15, 0.2) is 97.1 Å². The summed E-state index contributed by atoms with van der Waals surface area (Å²) in [6, 6.07) is 37.5. The molecule has 4 aromatic carbocycles. The van der Waals surface area contributed by atoms with Crippen molar-refractivity contribution < 1.29 is 0 Å². The monoisotopic (exact) mass is 649 g/mol. The van der Waals surface area contributed by atoms with Gasteiger partial charge in [-0.05, 0) is 122 Å². The highest BCUT2D eigenvalue weighted by Crippen LogP contribution is 2.27. The van der Waals surface area contributed by atoms with Crippen molar-refractivity contribution in [3.63, 3.8) is 0 Å². The molecule has 0 fully saturated rings. The van der Waals surface area contributed by atoms with Crippen molar-refractivity contribution in [2.75, 3.05) is 82.6 Å². The van der Waals surface area contributed by atoms with Gasteiger partial charge >= 0.3 is 0 Å². The van der Waals surface area contributed by atoms with Crippen molar-refractivity contribution >= 4 is 22.7 Å². The van der Waals surface area contributed by atoms with Crippen molar-refractivity contribution in [3.8, 4) is 0 Å². The van der Waals surface area contributed by atoms with E-state index >= 15 is 0 Å². The van der Waals surface area contributed by atoms with E-state index in [1.54, 1.807) is 0 Å². The summed E-state index contributed by atoms with van der Waals surface area (Å²) in [6.07, 6.45) is 9.44. The van der Waals surface area contributed by atoms with Crippen LogP contribution in [0.3, 0.4) is 0 Å². The van der Waals surface area contributed by atoms with Crippen LogP contribution in [0.2, 0.25) is 0 Å². The van der Waals surface area contributed by atoms with Gasteiger partial charge in [0.1, 0.15) is 22.7 Å². The summed E-state index contributed by atoms with van der Waals surface area (Å²) in [4.78, 5) is 0. The van der Waals surface area contributed by atoms with Crippen molar-refractivity contribution in [1.29, 1.82) is 0 Å². The number of rotatable bonds is 0. The van der Waals surface area contributed by atoms with E-state index in [1.165, 1.54) is 83.5 Å². The van der Waals surface area contributed by atoms with Crippen LogP contribution in [0.1, 0.15) is 60.8 Å². The Bertz CT molecular complexity index is 1340. The van der Waals surface area contributed by atoms with Gasteiger partial charge in [0.05, 0.1) is 82.6 Å². The summed E-state index contributed by atoms with van der Waals surface area (Å²) >= 11 is 0. The molecule has 0 atom stereocenters. The molecule has 0 amide bonds. The van der Waals surface area contributed by atoms with Gasteiger partial charge in [0.2, 0.25) is 0 Å². The van der Waals surface area contributed by atoms with Crippen molar-refractivity contribution in [2.45, 2.75) is 51.4 Å². The summed E-state index contributed by atoms with van der Waals surface area (Å²) in [5, 5.41) is 0. The van der Waals surface area contributed by atoms with E-state index in [1.807, 2.05) is 0 Å². The second-order valence-electron chi connectivity index (χ2n) is 16.8. The summed E-state index contributed by atoms with van der Waals surface area (Å²) in [7, 11) is 18.9. The van der Waals surface area contributed by atoms with Gasteiger partial charge in [-0.15, -0.1) is 0 Å². The third-order valence-electron chi connectivity index (χ3n) is 11.2. The molecule has 7 aliphatic heterocycles. The molecule has 0 radical (unpaired) electrons. The summed E-state index contributed by atoms with van der Waals surface area (Å²) in [6.45, 7) is 4.64. The molecule has 0 saturated heterocycles. The number of quaternary nitrogens is 4. The average Bonchev–Trinajstić information content (AvgIpc) is 3.05. The van der Waals surface area contributed by atoms with E-state index in [2.05, 4.69) is 153 Å². The maximum atomic E-state index is 2.36. The molecule has 0 aromatic heterocycles. The predicted octanol–water partition coefficient (Wildman–Crippen LogP) is 9.19. The molecule has 0 saturated carbocycles. The van der Waals surface area contributed by atoms with Crippen LogP contribution < -0.4 is 17.9 Å². The first-order valence-corrected chi connectivity index (χ1v) is 18.4. The van der Waals surface area contributed by atoms with Gasteiger partial charge in [-0.25, -0.2) is 0 Å². The molecule has 4 heteroatoms. The van der Waals surface area contributed by atoms with Gasteiger partial charge in [0, 0.05) is 0 Å². The van der Waals surface area contributed by atoms with Crippen molar-refractivity contribution in [3.05, 3.63) is 119 Å². The molecule has 11 rings (SSSR count). The Kier molecular flexibility index (Phi) is 11.3. The minimum Gasteiger partial charge on any atom is -0.296 e. The van der Waals surface area contributed by atoms with Gasteiger partial charge in [-0.2, -0.15) is 0 Å². The topological polar surface area (TPSA) is 0 Å². The molecule has 8 bridgehead atoms. The van der Waals surface area contributed by atoms with Crippen LogP contribution in [0, 0.1) is 0 Å². The molecule has 48 heavy (non-hydrogen) atoms. The Morgan fingerprint density at radius 2 is 0.458 bits per heavy atom. The summed E-state index contributed by atoms with van der Waals surface area (Å²) in [5.74, 6) is 0. The number of benzene rings is 4. The fraction of sp³-hybridized carbons (Fsp3) is 0.455. The lowest BCUT2D eigenvalue weighted by Gasteiger charge is -2.31. The number of nitrogens with zero attached hydrogens (tertiary/aromatic N) is 4. The predicted molar refractivity (Wildman–Crippen MR) is 213 cm³/mol. The van der Waals surface area contributed by atoms with E-state index in [9.17, 15) is 0 Å². The fourth-order valence-corrected chi connectivity index (χ4v) is 7.44. The minimum absolute atomic E-state index is 0.932. The van der Waals surface area contributed by atoms with Crippen LogP contribution in [-0.4, -0.2) is 82.6 Å². The largest absolute Gasteiger partial charge is 0.296 e. The first-order valence-electron chi connectivity index (χ1n) is 18.4. The Labute approximate surface area is 293 Å². The maximum Gasteiger partial charge on any atom is 0.132 e. The molecule has 7 aliphatic rings. The quantitative estimate of drug-likeness (QED) is 0.167. The van der Waals surface area contributed by atoms with Crippen LogP contribution >= 0.6 is 0 Å². The Balaban J connectivity index is 1.29. The molecule has 0 N–H and O–H groups in total. The first kappa shape index (κ1) is 36.0. The van der Waals surface area contributed by atoms with Gasteiger partial charge in [-0.1, -0.05) is 48.5 Å². The van der Waals surface area contributed by atoms with Gasteiger partial charge in [-0.3, -0.25) is 17.9 Å². The van der Waals surface area contributed by atoms with E-state index in [-0.39, 0.29) is 0 Å². The minimum atomic E-state index is 0.932. The standard InChI is InChI=1S/C44H64N4/c1-45(2)31-11-9-12-32-46(3,4)42-27-19-39(20-28-42)36-40-21-29-44(30-22-40)48(7,8)34-14-10-13-33-47(5,6)43-25-17-38(18-26-43)35-37-15-23-41(45)24-16-37/h15-30H,9-14,31-36H2,1-8H3/q+4. The van der Waals surface area contributed by atoms with E-state index < -0.39 is 0 Å². The van der Waals surface area contributed by atoms with Gasteiger partial charge < -0.3 is 0 Å². The molecule has 4 aromatic rings. The molecular formula is C44H64N4+4. The van der Waals surface area contributed by atoms with Gasteiger partial charge in [0.15, 0.2) is 0 Å². The van der Waals surface area contributed by atoms with E-state index in [0.29, 0.717) is 0 Å². The first-order chi connectivity index (χ1) is 22.7. The van der Waals surface area contributed by atoms with E-state index in [0.717, 1.165) is 57.0 Å². The normalized spacial score (nSPS) is 20.2. The highest BCUT2D eigenvalue weighted by Gasteiger charge is 2.23. The maximum absolute atomic E-state index is 2.36. The fourth-order valence-electron chi connectivity index (χ4n) is 7.44. The van der Waals surface area contributed by atoms with Crippen LogP contribution in [0.5, 0.6) is 0 Å². The molecular weight excluding hydrogens is 585 g/mol. The van der Waals surface area contributed by atoms with Gasteiger partial charge in [0.25, 0.3) is 0 Å². The smallest absolute Gasteiger partial charge is 0.132 e. The molecule has 4 nitrogen and oxygen atoms in total. The molecule has 0 unspecified atom stereocenters. The molecule has 0 spiro atoms. The average molecular weight is 649 g/mol. The molecule has 0 aliphatic carbocycles. The van der Waals surface area contributed by atoms with E-state index in [4.69, 9.17) is 0 Å². The second-order valence-corrected chi connectivity index (χ2v) is 16.8. The summed E-state index contributed by atoms with van der Waals surface area (Å²) in [5.41, 5.74) is 11.1. The Hall–Kier alpha value is -3.28. The third-order valence-corrected chi connectivity index (χ3v) is 11.2. The number of hydrogen-bond acceptors (Lipinski definition) is 0. The van der Waals surface area contributed by atoms with Crippen molar-refractivity contribution in [2.24, 2.45) is 0 Å². The molecule has 7 heterocycles. The van der Waals surface area contributed by atoms with Crippen LogP contribution in [-0.2, 0) is 12.8 Å². The van der Waals surface area contributed by atoms with Crippen LogP contribution in [0.4, 0.5) is 22.7 Å². The zero-order valence-corrected chi connectivity index (χ0v) is 31.5. The highest BCUT2D eigenvalue weighted by molar-refractivity contribution is 5.48. The lowest BCUT2D eigenvalue weighted by Crippen LogP contribution is -2.42. The number of hydrogen-bond donors (Lipinski definition) is 0. The highest BCUT2D eigenvalue weighted by atomic mass is 15.3. The van der Waals surface area contributed by atoms with Crippen LogP contribution in [0.25, 0.3) is 0 Å². The molecule has 256 valence electrons. The SMILES string of the molecule is C[N+]1(C)CCCCC[N+](C)(C)c2ccc(cc2)Cc2ccc(cc2)[N+](C)(C)CCCCC[N+](C)(C)c2ccc(cc2)Cc2ccc1cc2. The zero-order chi connectivity index (χ0) is 34.4.